The molecule has 29 heavy (non-hydrogen) atoms. The number of aromatic carboxylic acids is 1. The number of nitrogens with zero attached hydrogens (tertiary/aromatic N) is 2. The van der Waals surface area contributed by atoms with Crippen LogP contribution in [0.2, 0.25) is 0 Å². The predicted octanol–water partition coefficient (Wildman–Crippen LogP) is 3.50. The number of hydrogen-bond acceptors (Lipinski definition) is 5. The number of carboxylic acid groups (broad SMARTS) is 1. The molecule has 1 saturated heterocycles. The van der Waals surface area contributed by atoms with Gasteiger partial charge < -0.3 is 14.3 Å². The van der Waals surface area contributed by atoms with Gasteiger partial charge in [0, 0.05) is 18.4 Å². The Morgan fingerprint density at radius 1 is 1.17 bits per heavy atom. The standard InChI is InChI=1S/C21H18N2O6/c1-28-15-5-2-13(3-6-15)11-23-19(24)8-9-22(21(23)27)17-12-29-18-10-14(20(25)26)4-7-16(17)18/h2-7,10,12H,8-9,11H2,1H3,(H,25,26). The van der Waals surface area contributed by atoms with Gasteiger partial charge in [0.1, 0.15) is 17.6 Å². The number of imide groups is 1. The molecular formula is C21H18N2O6. The van der Waals surface area contributed by atoms with E-state index in [0.717, 1.165) is 5.56 Å². The zero-order valence-corrected chi connectivity index (χ0v) is 15.6. The fraction of sp³-hybridized carbons (Fsp3) is 0.190. The van der Waals surface area contributed by atoms with Crippen LogP contribution < -0.4 is 9.64 Å². The Bertz CT molecular complexity index is 1100. The number of urea groups is 1. The van der Waals surface area contributed by atoms with E-state index in [4.69, 9.17) is 14.3 Å². The quantitative estimate of drug-likeness (QED) is 0.711. The van der Waals surface area contributed by atoms with Gasteiger partial charge in [-0.1, -0.05) is 12.1 Å². The second-order valence-electron chi connectivity index (χ2n) is 6.65. The van der Waals surface area contributed by atoms with Gasteiger partial charge in [-0.3, -0.25) is 14.6 Å². The number of carbonyl (C=O) groups is 3. The molecule has 1 fully saturated rings. The first-order chi connectivity index (χ1) is 14.0. The lowest BCUT2D eigenvalue weighted by atomic mass is 10.1. The van der Waals surface area contributed by atoms with Gasteiger partial charge in [0.25, 0.3) is 0 Å². The summed E-state index contributed by atoms with van der Waals surface area (Å²) in [5, 5.41) is 9.73. The van der Waals surface area contributed by atoms with Crippen molar-refractivity contribution in [2.24, 2.45) is 0 Å². The van der Waals surface area contributed by atoms with E-state index in [1.165, 1.54) is 28.2 Å². The minimum atomic E-state index is -1.06. The highest BCUT2D eigenvalue weighted by Gasteiger charge is 2.34. The van der Waals surface area contributed by atoms with Crippen molar-refractivity contribution in [1.29, 1.82) is 0 Å². The van der Waals surface area contributed by atoms with Crippen molar-refractivity contribution in [2.75, 3.05) is 18.6 Å². The van der Waals surface area contributed by atoms with Gasteiger partial charge in [0.2, 0.25) is 5.91 Å². The zero-order valence-electron chi connectivity index (χ0n) is 15.6. The van der Waals surface area contributed by atoms with E-state index in [2.05, 4.69) is 0 Å². The van der Waals surface area contributed by atoms with Gasteiger partial charge in [-0.25, -0.2) is 9.59 Å². The number of ether oxygens (including phenoxy) is 1. The highest BCUT2D eigenvalue weighted by Crippen LogP contribution is 2.32. The van der Waals surface area contributed by atoms with Crippen LogP contribution in [0.3, 0.4) is 0 Å². The summed E-state index contributed by atoms with van der Waals surface area (Å²) in [7, 11) is 1.57. The maximum absolute atomic E-state index is 13.1. The van der Waals surface area contributed by atoms with Crippen LogP contribution >= 0.6 is 0 Å². The van der Waals surface area contributed by atoms with Crippen LogP contribution in [0, 0.1) is 0 Å². The first kappa shape index (κ1) is 18.5. The third kappa shape index (κ3) is 3.40. The van der Waals surface area contributed by atoms with Gasteiger partial charge >= 0.3 is 12.0 Å². The third-order valence-electron chi connectivity index (χ3n) is 4.90. The van der Waals surface area contributed by atoms with Crippen LogP contribution in [0.25, 0.3) is 11.0 Å². The molecule has 0 bridgehead atoms. The topological polar surface area (TPSA) is 100 Å². The summed E-state index contributed by atoms with van der Waals surface area (Å²) in [6.07, 6.45) is 1.59. The summed E-state index contributed by atoms with van der Waals surface area (Å²) in [5.74, 6) is -0.615. The highest BCUT2D eigenvalue weighted by atomic mass is 16.5. The van der Waals surface area contributed by atoms with Crippen LogP contribution in [-0.4, -0.2) is 41.6 Å². The van der Waals surface area contributed by atoms with Crippen molar-refractivity contribution in [3.63, 3.8) is 0 Å². The Morgan fingerprint density at radius 3 is 2.62 bits per heavy atom. The first-order valence-electron chi connectivity index (χ1n) is 8.97. The zero-order chi connectivity index (χ0) is 20.5. The molecule has 8 nitrogen and oxygen atoms in total. The van der Waals surface area contributed by atoms with E-state index in [0.29, 0.717) is 22.4 Å². The number of rotatable bonds is 5. The highest BCUT2D eigenvalue weighted by molar-refractivity contribution is 6.09. The predicted molar refractivity (Wildman–Crippen MR) is 104 cm³/mol. The molecule has 1 N–H and O–H groups in total. The van der Waals surface area contributed by atoms with Gasteiger partial charge in [0.15, 0.2) is 0 Å². The number of hydrogen-bond donors (Lipinski definition) is 1. The first-order valence-corrected chi connectivity index (χ1v) is 8.97. The number of methoxy groups -OCH3 is 1. The average molecular weight is 394 g/mol. The average Bonchev–Trinajstić information content (AvgIpc) is 3.14. The molecule has 1 aromatic heterocycles. The minimum absolute atomic E-state index is 0.0969. The number of carbonyl (C=O) groups excluding carboxylic acids is 2. The van der Waals surface area contributed by atoms with Gasteiger partial charge in [0.05, 0.1) is 24.9 Å². The Kier molecular flexibility index (Phi) is 4.67. The molecule has 1 aliphatic rings. The monoisotopic (exact) mass is 394 g/mol. The lowest BCUT2D eigenvalue weighted by molar-refractivity contribution is -0.129. The van der Waals surface area contributed by atoms with Crippen molar-refractivity contribution in [1.82, 2.24) is 4.90 Å². The lowest BCUT2D eigenvalue weighted by Crippen LogP contribution is -2.52. The fourth-order valence-corrected chi connectivity index (χ4v) is 3.34. The van der Waals surface area contributed by atoms with Crippen LogP contribution in [0.15, 0.2) is 53.1 Å². The maximum atomic E-state index is 13.1. The second-order valence-corrected chi connectivity index (χ2v) is 6.65. The summed E-state index contributed by atoms with van der Waals surface area (Å²) in [6.45, 7) is 0.378. The van der Waals surface area contributed by atoms with E-state index in [1.54, 1.807) is 37.4 Å². The lowest BCUT2D eigenvalue weighted by Gasteiger charge is -2.33. The summed E-state index contributed by atoms with van der Waals surface area (Å²) < 4.78 is 10.6. The molecule has 2 aromatic carbocycles. The van der Waals surface area contributed by atoms with Crippen molar-refractivity contribution in [3.05, 3.63) is 59.9 Å². The number of anilines is 1. The van der Waals surface area contributed by atoms with Crippen LogP contribution in [0.1, 0.15) is 22.3 Å². The van der Waals surface area contributed by atoms with E-state index in [9.17, 15) is 14.4 Å². The van der Waals surface area contributed by atoms with Gasteiger partial charge in [-0.2, -0.15) is 0 Å². The number of furan rings is 1. The number of amides is 3. The summed E-state index contributed by atoms with van der Waals surface area (Å²) in [4.78, 5) is 39.3. The number of carboxylic acids is 1. The molecule has 0 aliphatic carbocycles. The molecule has 2 heterocycles. The van der Waals surface area contributed by atoms with Crippen molar-refractivity contribution >= 4 is 34.6 Å². The number of fused-ring (bicyclic) bond motifs is 1. The molecular weight excluding hydrogens is 376 g/mol. The second kappa shape index (κ2) is 7.31. The molecule has 0 spiro atoms. The summed E-state index contributed by atoms with van der Waals surface area (Å²) >= 11 is 0. The third-order valence-corrected chi connectivity index (χ3v) is 4.90. The Labute approximate surface area is 165 Å². The van der Waals surface area contributed by atoms with E-state index >= 15 is 0 Å². The van der Waals surface area contributed by atoms with Crippen LogP contribution in [0.5, 0.6) is 5.75 Å². The van der Waals surface area contributed by atoms with Gasteiger partial charge in [-0.05, 0) is 35.9 Å². The molecule has 3 aromatic rings. The normalized spacial score (nSPS) is 14.5. The van der Waals surface area contributed by atoms with Crippen LogP contribution in [0.4, 0.5) is 10.5 Å². The molecule has 4 rings (SSSR count). The molecule has 0 radical (unpaired) electrons. The van der Waals surface area contributed by atoms with E-state index in [-0.39, 0.29) is 31.0 Å². The molecule has 0 atom stereocenters. The van der Waals surface area contributed by atoms with E-state index in [1.807, 2.05) is 0 Å². The molecule has 148 valence electrons. The fourth-order valence-electron chi connectivity index (χ4n) is 3.34. The minimum Gasteiger partial charge on any atom is -0.497 e. The smallest absolute Gasteiger partial charge is 0.335 e. The van der Waals surface area contributed by atoms with Gasteiger partial charge in [-0.15, -0.1) is 0 Å². The number of benzene rings is 2. The molecule has 1 aliphatic heterocycles. The molecule has 0 saturated carbocycles. The Morgan fingerprint density at radius 2 is 1.93 bits per heavy atom. The van der Waals surface area contributed by atoms with Crippen molar-refractivity contribution in [3.8, 4) is 5.75 Å². The van der Waals surface area contributed by atoms with Crippen molar-refractivity contribution < 1.29 is 28.6 Å². The molecule has 0 unspecified atom stereocenters. The maximum Gasteiger partial charge on any atom is 0.335 e. The van der Waals surface area contributed by atoms with E-state index < -0.39 is 12.0 Å². The molecule has 3 amide bonds. The SMILES string of the molecule is COc1ccc(CN2C(=O)CCN(c3coc4cc(C(=O)O)ccc34)C2=O)cc1. The van der Waals surface area contributed by atoms with Crippen LogP contribution in [-0.2, 0) is 11.3 Å². The summed E-state index contributed by atoms with van der Waals surface area (Å²) in [5.41, 5.74) is 1.78. The Hall–Kier alpha value is -3.81. The Balaban J connectivity index is 1.61. The molecule has 8 heteroatoms. The van der Waals surface area contributed by atoms with Crippen molar-refractivity contribution in [2.45, 2.75) is 13.0 Å². The largest absolute Gasteiger partial charge is 0.497 e. The summed E-state index contributed by atoms with van der Waals surface area (Å²) in [6, 6.07) is 11.2.